The lowest BCUT2D eigenvalue weighted by atomic mass is 10.0. The second-order valence-electron chi connectivity index (χ2n) is 5.16. The maximum atomic E-state index is 6.10. The fourth-order valence-electron chi connectivity index (χ4n) is 2.26. The van der Waals surface area contributed by atoms with E-state index in [1.54, 1.807) is 0 Å². The summed E-state index contributed by atoms with van der Waals surface area (Å²) in [6.07, 6.45) is 1.93. The summed E-state index contributed by atoms with van der Waals surface area (Å²) < 4.78 is 0. The second-order valence-corrected chi connectivity index (χ2v) is 5.98. The van der Waals surface area contributed by atoms with Gasteiger partial charge in [0.25, 0.3) is 0 Å². The number of hydrogen-bond donors (Lipinski definition) is 1. The van der Waals surface area contributed by atoms with E-state index >= 15 is 0 Å². The summed E-state index contributed by atoms with van der Waals surface area (Å²) in [5.41, 5.74) is 3.25. The van der Waals surface area contributed by atoms with Crippen LogP contribution >= 0.6 is 23.2 Å². The van der Waals surface area contributed by atoms with E-state index in [2.05, 4.69) is 23.3 Å². The standard InChI is InChI=1S/C17H20Cl2N2/c1-3-9-20-17(16-6-4-5-12(2)21-16)11-13-7-8-14(18)15(19)10-13/h4-8,10,17,20H,3,9,11H2,1-2H3. The fourth-order valence-corrected chi connectivity index (χ4v) is 2.58. The first-order valence-electron chi connectivity index (χ1n) is 7.21. The van der Waals surface area contributed by atoms with Crippen LogP contribution in [0.25, 0.3) is 0 Å². The third-order valence-electron chi connectivity index (χ3n) is 3.33. The predicted molar refractivity (Wildman–Crippen MR) is 90.2 cm³/mol. The van der Waals surface area contributed by atoms with Gasteiger partial charge in [-0.25, -0.2) is 0 Å². The third-order valence-corrected chi connectivity index (χ3v) is 4.07. The molecular weight excluding hydrogens is 303 g/mol. The molecule has 0 fully saturated rings. The highest BCUT2D eigenvalue weighted by molar-refractivity contribution is 6.42. The first-order valence-corrected chi connectivity index (χ1v) is 7.96. The molecule has 0 radical (unpaired) electrons. The molecule has 2 rings (SSSR count). The number of nitrogens with zero attached hydrogens (tertiary/aromatic N) is 1. The Labute approximate surface area is 136 Å². The minimum absolute atomic E-state index is 0.182. The van der Waals surface area contributed by atoms with Crippen molar-refractivity contribution in [1.29, 1.82) is 0 Å². The molecule has 0 amide bonds. The first-order chi connectivity index (χ1) is 10.1. The summed E-state index contributed by atoms with van der Waals surface area (Å²) in [7, 11) is 0. The zero-order valence-corrected chi connectivity index (χ0v) is 13.9. The smallest absolute Gasteiger partial charge is 0.0595 e. The van der Waals surface area contributed by atoms with E-state index in [9.17, 15) is 0 Å². The van der Waals surface area contributed by atoms with Gasteiger partial charge in [0.1, 0.15) is 0 Å². The number of rotatable bonds is 6. The maximum Gasteiger partial charge on any atom is 0.0595 e. The van der Waals surface area contributed by atoms with Gasteiger partial charge in [0.05, 0.1) is 21.8 Å². The third kappa shape index (κ3) is 4.70. The highest BCUT2D eigenvalue weighted by Gasteiger charge is 2.14. The maximum absolute atomic E-state index is 6.10. The van der Waals surface area contributed by atoms with Crippen molar-refractivity contribution in [2.24, 2.45) is 0 Å². The van der Waals surface area contributed by atoms with E-state index in [1.165, 1.54) is 0 Å². The summed E-state index contributed by atoms with van der Waals surface area (Å²) >= 11 is 12.1. The molecule has 1 unspecified atom stereocenters. The van der Waals surface area contributed by atoms with E-state index < -0.39 is 0 Å². The van der Waals surface area contributed by atoms with Crippen molar-refractivity contribution in [3.05, 3.63) is 63.4 Å². The molecule has 0 bridgehead atoms. The minimum Gasteiger partial charge on any atom is -0.308 e. The second kappa shape index (κ2) is 7.79. The summed E-state index contributed by atoms with van der Waals surface area (Å²) in [6, 6.07) is 12.1. The van der Waals surface area contributed by atoms with E-state index in [4.69, 9.17) is 23.2 Å². The van der Waals surface area contributed by atoms with Crippen LogP contribution in [0.4, 0.5) is 0 Å². The average molecular weight is 323 g/mol. The zero-order valence-electron chi connectivity index (χ0n) is 12.4. The summed E-state index contributed by atoms with van der Waals surface area (Å²) in [6.45, 7) is 5.13. The van der Waals surface area contributed by atoms with Crippen LogP contribution in [0.5, 0.6) is 0 Å². The number of hydrogen-bond acceptors (Lipinski definition) is 2. The fraction of sp³-hybridized carbons (Fsp3) is 0.353. The van der Waals surface area contributed by atoms with Crippen LogP contribution in [0.3, 0.4) is 0 Å². The Morgan fingerprint density at radius 1 is 1.14 bits per heavy atom. The number of aromatic nitrogens is 1. The van der Waals surface area contributed by atoms with Crippen molar-refractivity contribution in [3.63, 3.8) is 0 Å². The van der Waals surface area contributed by atoms with Crippen molar-refractivity contribution in [2.45, 2.75) is 32.7 Å². The molecule has 0 aliphatic heterocycles. The molecule has 112 valence electrons. The van der Waals surface area contributed by atoms with E-state index in [0.29, 0.717) is 10.0 Å². The van der Waals surface area contributed by atoms with E-state index in [0.717, 1.165) is 36.3 Å². The first kappa shape index (κ1) is 16.3. The van der Waals surface area contributed by atoms with Crippen LogP contribution in [0.15, 0.2) is 36.4 Å². The molecule has 0 saturated heterocycles. The topological polar surface area (TPSA) is 24.9 Å². The zero-order chi connectivity index (χ0) is 15.2. The van der Waals surface area contributed by atoms with Gasteiger partial charge in [0.15, 0.2) is 0 Å². The van der Waals surface area contributed by atoms with Crippen molar-refractivity contribution in [2.75, 3.05) is 6.54 Å². The Bertz CT molecular complexity index is 599. The number of benzene rings is 1. The molecule has 1 atom stereocenters. The SMILES string of the molecule is CCCNC(Cc1ccc(Cl)c(Cl)c1)c1cccc(C)n1. The van der Waals surface area contributed by atoms with Gasteiger partial charge in [-0.2, -0.15) is 0 Å². The monoisotopic (exact) mass is 322 g/mol. The van der Waals surface area contributed by atoms with Gasteiger partial charge in [-0.1, -0.05) is 42.3 Å². The molecule has 2 nitrogen and oxygen atoms in total. The Morgan fingerprint density at radius 2 is 1.95 bits per heavy atom. The molecule has 1 aromatic carbocycles. The lowest BCUT2D eigenvalue weighted by molar-refractivity contribution is 0.517. The largest absolute Gasteiger partial charge is 0.308 e. The van der Waals surface area contributed by atoms with Crippen LogP contribution in [-0.4, -0.2) is 11.5 Å². The summed E-state index contributed by atoms with van der Waals surface area (Å²) in [5.74, 6) is 0. The van der Waals surface area contributed by atoms with Crippen LogP contribution in [0, 0.1) is 6.92 Å². The molecule has 0 saturated carbocycles. The molecule has 0 aliphatic rings. The van der Waals surface area contributed by atoms with Gasteiger partial charge >= 0.3 is 0 Å². The number of nitrogens with one attached hydrogen (secondary N) is 1. The molecule has 1 aromatic heterocycles. The van der Waals surface area contributed by atoms with Crippen molar-refractivity contribution in [1.82, 2.24) is 10.3 Å². The molecular formula is C17H20Cl2N2. The number of aryl methyl sites for hydroxylation is 1. The molecule has 1 N–H and O–H groups in total. The van der Waals surface area contributed by atoms with Crippen LogP contribution in [0.2, 0.25) is 10.0 Å². The van der Waals surface area contributed by atoms with Crippen LogP contribution in [-0.2, 0) is 6.42 Å². The van der Waals surface area contributed by atoms with Crippen molar-refractivity contribution >= 4 is 23.2 Å². The lowest BCUT2D eigenvalue weighted by Crippen LogP contribution is -2.25. The van der Waals surface area contributed by atoms with Gasteiger partial charge in [-0.3, -0.25) is 4.98 Å². The molecule has 2 aromatic rings. The molecule has 21 heavy (non-hydrogen) atoms. The average Bonchev–Trinajstić information content (AvgIpc) is 2.47. The number of pyridine rings is 1. The Kier molecular flexibility index (Phi) is 6.04. The quantitative estimate of drug-likeness (QED) is 0.811. The number of halogens is 2. The van der Waals surface area contributed by atoms with Crippen LogP contribution in [0.1, 0.15) is 36.3 Å². The molecule has 1 heterocycles. The Balaban J connectivity index is 2.21. The van der Waals surface area contributed by atoms with Gasteiger partial charge in [-0.05, 0) is 56.1 Å². The van der Waals surface area contributed by atoms with E-state index in [-0.39, 0.29) is 6.04 Å². The van der Waals surface area contributed by atoms with E-state index in [1.807, 2.05) is 37.3 Å². The predicted octanol–water partition coefficient (Wildman–Crippen LogP) is 4.98. The van der Waals surface area contributed by atoms with Gasteiger partial charge in [0, 0.05) is 5.69 Å². The lowest BCUT2D eigenvalue weighted by Gasteiger charge is -2.19. The van der Waals surface area contributed by atoms with Gasteiger partial charge < -0.3 is 5.32 Å². The highest BCUT2D eigenvalue weighted by atomic mass is 35.5. The molecule has 4 heteroatoms. The highest BCUT2D eigenvalue weighted by Crippen LogP contribution is 2.25. The Hall–Kier alpha value is -1.09. The molecule has 0 spiro atoms. The normalized spacial score (nSPS) is 12.4. The van der Waals surface area contributed by atoms with Crippen LogP contribution < -0.4 is 5.32 Å². The Morgan fingerprint density at radius 3 is 2.62 bits per heavy atom. The minimum atomic E-state index is 0.182. The summed E-state index contributed by atoms with van der Waals surface area (Å²) in [4.78, 5) is 4.64. The summed E-state index contributed by atoms with van der Waals surface area (Å²) in [5, 5.41) is 4.74. The molecule has 0 aliphatic carbocycles. The van der Waals surface area contributed by atoms with Crippen molar-refractivity contribution in [3.8, 4) is 0 Å². The van der Waals surface area contributed by atoms with Crippen molar-refractivity contribution < 1.29 is 0 Å². The van der Waals surface area contributed by atoms with Gasteiger partial charge in [0.2, 0.25) is 0 Å². The van der Waals surface area contributed by atoms with Gasteiger partial charge in [-0.15, -0.1) is 0 Å².